The minimum absolute atomic E-state index is 0.422. The average Bonchev–Trinajstić information content (AvgIpc) is 3.15. The van der Waals surface area contributed by atoms with Crippen LogP contribution >= 0.6 is 0 Å². The van der Waals surface area contributed by atoms with Crippen molar-refractivity contribution < 1.29 is 4.79 Å². The maximum absolute atomic E-state index is 12.6. The van der Waals surface area contributed by atoms with Gasteiger partial charge in [0.25, 0.3) is 0 Å². The second kappa shape index (κ2) is 10.8. The highest BCUT2D eigenvalue weighted by molar-refractivity contribution is 5.83. The molecule has 1 nitrogen and oxygen atoms in total. The first kappa shape index (κ1) is 21.1. The van der Waals surface area contributed by atoms with Crippen LogP contribution in [0.5, 0.6) is 0 Å². The fraction of sp³-hybridized carbons (Fsp3) is 0.750. The molecule has 0 aromatic heterocycles. The van der Waals surface area contributed by atoms with Gasteiger partial charge in [-0.15, -0.1) is 0 Å². The third-order valence-corrected chi connectivity index (χ3v) is 8.63. The van der Waals surface area contributed by atoms with Crippen LogP contribution in [0.4, 0.5) is 0 Å². The zero-order valence-electron chi connectivity index (χ0n) is 18.5. The molecule has 0 N–H and O–H groups in total. The van der Waals surface area contributed by atoms with E-state index in [-0.39, 0.29) is 0 Å². The first-order valence-corrected chi connectivity index (χ1v) is 12.8. The Morgan fingerprint density at radius 3 is 2.14 bits per heavy atom. The molecule has 3 aliphatic rings. The molecular formula is C28H42O. The molecule has 1 unspecified atom stereocenters. The van der Waals surface area contributed by atoms with Crippen LogP contribution in [0.2, 0.25) is 0 Å². The molecule has 0 amide bonds. The number of carbonyl (C=O) groups excluding carboxylic acids is 1. The van der Waals surface area contributed by atoms with E-state index in [0.29, 0.717) is 11.7 Å². The second-order valence-corrected chi connectivity index (χ2v) is 10.6. The van der Waals surface area contributed by atoms with Gasteiger partial charge in [-0.25, -0.2) is 0 Å². The Labute approximate surface area is 179 Å². The monoisotopic (exact) mass is 394 g/mol. The number of rotatable bonds is 8. The zero-order valence-corrected chi connectivity index (χ0v) is 18.5. The first-order valence-electron chi connectivity index (χ1n) is 12.8. The molecule has 0 aliphatic heterocycles. The third kappa shape index (κ3) is 6.19. The Kier molecular flexibility index (Phi) is 7.86. The molecule has 1 aromatic rings. The highest BCUT2D eigenvalue weighted by Gasteiger charge is 2.37. The van der Waals surface area contributed by atoms with Gasteiger partial charge in [0, 0.05) is 12.3 Å². The van der Waals surface area contributed by atoms with Crippen molar-refractivity contribution in [3.05, 3.63) is 35.9 Å². The molecule has 2 atom stereocenters. The minimum atomic E-state index is 0.422. The van der Waals surface area contributed by atoms with E-state index in [9.17, 15) is 4.79 Å². The van der Waals surface area contributed by atoms with Crippen LogP contribution in [0.3, 0.4) is 0 Å². The third-order valence-electron chi connectivity index (χ3n) is 8.63. The molecule has 3 saturated carbocycles. The predicted octanol–water partition coefficient (Wildman–Crippen LogP) is 7.77. The largest absolute Gasteiger partial charge is 0.299 e. The van der Waals surface area contributed by atoms with Gasteiger partial charge < -0.3 is 0 Å². The number of Topliss-reactive ketones (excluding diaryl/α,β-unsaturated/α-hetero) is 1. The number of hydrogen-bond donors (Lipinski definition) is 0. The topological polar surface area (TPSA) is 17.1 Å². The van der Waals surface area contributed by atoms with E-state index < -0.39 is 0 Å². The van der Waals surface area contributed by atoms with Gasteiger partial charge in [-0.05, 0) is 61.3 Å². The van der Waals surface area contributed by atoms with Crippen molar-refractivity contribution in [2.24, 2.45) is 29.6 Å². The molecule has 1 heteroatoms. The van der Waals surface area contributed by atoms with Crippen molar-refractivity contribution >= 4 is 5.78 Å². The van der Waals surface area contributed by atoms with E-state index in [1.807, 2.05) is 0 Å². The number of aryl methyl sites for hydroxylation is 1. The maximum atomic E-state index is 12.6. The van der Waals surface area contributed by atoms with Crippen molar-refractivity contribution in [2.75, 3.05) is 0 Å². The molecule has 29 heavy (non-hydrogen) atoms. The zero-order chi connectivity index (χ0) is 19.9. The first-order chi connectivity index (χ1) is 14.3. The van der Waals surface area contributed by atoms with E-state index in [1.54, 1.807) is 0 Å². The summed E-state index contributed by atoms with van der Waals surface area (Å²) >= 11 is 0. The Balaban J connectivity index is 1.11. The summed E-state index contributed by atoms with van der Waals surface area (Å²) in [4.78, 5) is 12.6. The van der Waals surface area contributed by atoms with Gasteiger partial charge in [-0.1, -0.05) is 94.5 Å². The summed E-state index contributed by atoms with van der Waals surface area (Å²) in [5, 5.41) is 0. The van der Waals surface area contributed by atoms with E-state index in [1.165, 1.54) is 102 Å². The Morgan fingerprint density at radius 1 is 0.724 bits per heavy atom. The smallest absolute Gasteiger partial charge is 0.136 e. The van der Waals surface area contributed by atoms with Crippen LogP contribution in [0.15, 0.2) is 30.3 Å². The highest BCUT2D eigenvalue weighted by atomic mass is 16.1. The van der Waals surface area contributed by atoms with Crippen LogP contribution in [-0.2, 0) is 11.2 Å². The van der Waals surface area contributed by atoms with Crippen molar-refractivity contribution in [1.29, 1.82) is 0 Å². The van der Waals surface area contributed by atoms with Crippen molar-refractivity contribution in [3.8, 4) is 0 Å². The van der Waals surface area contributed by atoms with Crippen LogP contribution in [0, 0.1) is 29.6 Å². The minimum Gasteiger partial charge on any atom is -0.299 e. The van der Waals surface area contributed by atoms with E-state index in [0.717, 1.165) is 30.1 Å². The average molecular weight is 395 g/mol. The summed E-state index contributed by atoms with van der Waals surface area (Å²) in [5.41, 5.74) is 1.49. The molecule has 0 bridgehead atoms. The predicted molar refractivity (Wildman–Crippen MR) is 122 cm³/mol. The van der Waals surface area contributed by atoms with Gasteiger partial charge in [-0.3, -0.25) is 4.79 Å². The van der Waals surface area contributed by atoms with Crippen LogP contribution < -0.4 is 0 Å². The van der Waals surface area contributed by atoms with E-state index >= 15 is 0 Å². The fourth-order valence-electron chi connectivity index (χ4n) is 6.73. The summed E-state index contributed by atoms with van der Waals surface area (Å²) in [6.07, 6.45) is 21.4. The fourth-order valence-corrected chi connectivity index (χ4v) is 6.73. The second-order valence-electron chi connectivity index (χ2n) is 10.6. The number of benzene rings is 1. The molecule has 0 saturated heterocycles. The van der Waals surface area contributed by atoms with Crippen molar-refractivity contribution in [3.63, 3.8) is 0 Å². The molecular weight excluding hydrogens is 352 g/mol. The lowest BCUT2D eigenvalue weighted by atomic mass is 9.76. The Bertz CT molecular complexity index is 606. The molecule has 160 valence electrons. The molecule has 4 rings (SSSR count). The summed E-state index contributed by atoms with van der Waals surface area (Å²) in [5.74, 6) is 4.53. The summed E-state index contributed by atoms with van der Waals surface area (Å²) < 4.78 is 0. The summed E-state index contributed by atoms with van der Waals surface area (Å²) in [7, 11) is 0. The van der Waals surface area contributed by atoms with Gasteiger partial charge >= 0.3 is 0 Å². The Morgan fingerprint density at radius 2 is 1.41 bits per heavy atom. The van der Waals surface area contributed by atoms with Gasteiger partial charge in [0.1, 0.15) is 5.78 Å². The summed E-state index contributed by atoms with van der Waals surface area (Å²) in [6, 6.07) is 11.0. The molecule has 3 aliphatic carbocycles. The standard InChI is InChI=1S/C28H42O/c29-28-21-27(25-12-5-2-6-13-25)20-26(28)19-18-24-16-14-23(15-17-24)11-7-10-22-8-3-1-4-9-22/h1,3-4,8-9,23-27H,2,5-7,10-21H2/t23?,24?,26?,27-/m0/s1. The van der Waals surface area contributed by atoms with Crippen molar-refractivity contribution in [1.82, 2.24) is 0 Å². The molecule has 0 heterocycles. The molecule has 3 fully saturated rings. The molecule has 0 radical (unpaired) electrons. The van der Waals surface area contributed by atoms with Gasteiger partial charge in [0.2, 0.25) is 0 Å². The van der Waals surface area contributed by atoms with Gasteiger partial charge in [-0.2, -0.15) is 0 Å². The SMILES string of the molecule is O=C1C[C@@H](C2CCCCC2)CC1CCC1CCC(CCCc2ccccc2)CC1. The maximum Gasteiger partial charge on any atom is 0.136 e. The Hall–Kier alpha value is -1.11. The normalized spacial score (nSPS) is 31.2. The van der Waals surface area contributed by atoms with Crippen molar-refractivity contribution in [2.45, 2.75) is 103 Å². The van der Waals surface area contributed by atoms with Crippen LogP contribution in [-0.4, -0.2) is 5.78 Å². The number of ketones is 1. The lowest BCUT2D eigenvalue weighted by Crippen LogP contribution is -2.17. The van der Waals surface area contributed by atoms with E-state index in [2.05, 4.69) is 30.3 Å². The van der Waals surface area contributed by atoms with Crippen LogP contribution in [0.1, 0.15) is 102 Å². The van der Waals surface area contributed by atoms with Gasteiger partial charge in [0.05, 0.1) is 0 Å². The quantitative estimate of drug-likeness (QED) is 0.440. The number of carbonyl (C=O) groups is 1. The summed E-state index contributed by atoms with van der Waals surface area (Å²) in [6.45, 7) is 0. The lowest BCUT2D eigenvalue weighted by Gasteiger charge is -2.29. The number of hydrogen-bond acceptors (Lipinski definition) is 1. The highest BCUT2D eigenvalue weighted by Crippen LogP contribution is 2.43. The van der Waals surface area contributed by atoms with Crippen LogP contribution in [0.25, 0.3) is 0 Å². The van der Waals surface area contributed by atoms with Gasteiger partial charge in [0.15, 0.2) is 0 Å². The molecule has 1 aromatic carbocycles. The lowest BCUT2D eigenvalue weighted by molar-refractivity contribution is -0.121. The molecule has 0 spiro atoms. The van der Waals surface area contributed by atoms with E-state index in [4.69, 9.17) is 0 Å².